The van der Waals surface area contributed by atoms with Gasteiger partial charge in [-0.2, -0.15) is 0 Å². The Morgan fingerprint density at radius 1 is 0.882 bits per heavy atom. The second-order valence-corrected chi connectivity index (χ2v) is 20.4. The molecule has 8 nitrogen and oxygen atoms in total. The van der Waals surface area contributed by atoms with E-state index < -0.39 is 22.8 Å². The van der Waals surface area contributed by atoms with Crippen LogP contribution in [0, 0.1) is 68.0 Å². The minimum atomic E-state index is -1.10. The smallest absolute Gasteiger partial charge is 0.328 e. The molecule has 11 atom stereocenters. The summed E-state index contributed by atoms with van der Waals surface area (Å²) in [5.41, 5.74) is -0.264. The van der Waals surface area contributed by atoms with Crippen molar-refractivity contribution in [2.24, 2.45) is 68.0 Å². The number of fused-ring (bicyclic) bond motifs is 7. The molecular weight excluding hydrogens is 640 g/mol. The van der Waals surface area contributed by atoms with Gasteiger partial charge in [0.05, 0.1) is 17.9 Å². The molecule has 0 spiro atoms. The van der Waals surface area contributed by atoms with Crippen molar-refractivity contribution < 1.29 is 29.0 Å². The first-order valence-electron chi connectivity index (χ1n) is 20.1. The Labute approximate surface area is 308 Å². The Morgan fingerprint density at radius 3 is 2.14 bits per heavy atom. The number of carbonyl (C=O) groups is 4. The number of rotatable bonds is 10. The molecule has 5 fully saturated rings. The highest BCUT2D eigenvalue weighted by molar-refractivity contribution is 5.89. The second-order valence-electron chi connectivity index (χ2n) is 20.4. The zero-order chi connectivity index (χ0) is 38.1. The van der Waals surface area contributed by atoms with Crippen LogP contribution in [0.3, 0.4) is 0 Å². The van der Waals surface area contributed by atoms with Crippen molar-refractivity contribution in [2.45, 2.75) is 158 Å². The Morgan fingerprint density at radius 2 is 1.55 bits per heavy atom. The highest BCUT2D eigenvalue weighted by Crippen LogP contribution is 2.77. The lowest BCUT2D eigenvalue weighted by atomic mass is 9.32. The SMILES string of the molecule is C=C(C)[C@@H]1CC[C@]2(C(=O)NC(CC(C)C)C(=O)OC)CC[C@]3(C)[C@H](CC[C@@H]4[C@@]5(C)CC[C@H](NC(=O)CC(C)(C)C(=O)O)C(C)(C)[C@@H]5CC[C@]43C)[C@@H]12. The molecule has 0 saturated heterocycles. The number of methoxy groups -OCH3 is 1. The van der Waals surface area contributed by atoms with Crippen LogP contribution >= 0.6 is 0 Å². The summed E-state index contributed by atoms with van der Waals surface area (Å²) < 4.78 is 5.15. The first-order valence-corrected chi connectivity index (χ1v) is 20.1. The number of hydrogen-bond donors (Lipinski definition) is 3. The van der Waals surface area contributed by atoms with Crippen LogP contribution in [0.15, 0.2) is 12.2 Å². The van der Waals surface area contributed by atoms with Crippen molar-refractivity contribution in [3.63, 3.8) is 0 Å². The van der Waals surface area contributed by atoms with E-state index in [0.717, 1.165) is 64.2 Å². The predicted molar refractivity (Wildman–Crippen MR) is 200 cm³/mol. The average Bonchev–Trinajstić information content (AvgIpc) is 3.43. The Hall–Kier alpha value is -2.38. The van der Waals surface area contributed by atoms with Crippen LogP contribution in [0.4, 0.5) is 0 Å². The van der Waals surface area contributed by atoms with Crippen molar-refractivity contribution in [2.75, 3.05) is 7.11 Å². The summed E-state index contributed by atoms with van der Waals surface area (Å²) in [6, 6.07) is -0.623. The molecule has 5 saturated carbocycles. The van der Waals surface area contributed by atoms with Gasteiger partial charge in [-0.15, -0.1) is 0 Å². The van der Waals surface area contributed by atoms with Gasteiger partial charge in [-0.1, -0.05) is 60.6 Å². The van der Waals surface area contributed by atoms with E-state index in [4.69, 9.17) is 4.74 Å². The van der Waals surface area contributed by atoms with E-state index in [2.05, 4.69) is 72.6 Å². The van der Waals surface area contributed by atoms with Gasteiger partial charge >= 0.3 is 11.9 Å². The normalized spacial score (nSPS) is 40.5. The van der Waals surface area contributed by atoms with E-state index in [-0.39, 0.29) is 63.7 Å². The molecule has 288 valence electrons. The number of esters is 1. The predicted octanol–water partition coefficient (Wildman–Crippen LogP) is 8.33. The third kappa shape index (κ3) is 6.28. The molecule has 5 aliphatic rings. The zero-order valence-electron chi connectivity index (χ0n) is 33.8. The maximum atomic E-state index is 14.6. The molecule has 0 heterocycles. The van der Waals surface area contributed by atoms with E-state index in [1.807, 2.05) is 0 Å². The quantitative estimate of drug-likeness (QED) is 0.155. The average molecular weight is 711 g/mol. The Kier molecular flexibility index (Phi) is 10.5. The van der Waals surface area contributed by atoms with Gasteiger partial charge in [0.2, 0.25) is 11.8 Å². The molecule has 0 aromatic rings. The van der Waals surface area contributed by atoms with Crippen LogP contribution in [0.25, 0.3) is 0 Å². The lowest BCUT2D eigenvalue weighted by Crippen LogP contribution is -2.68. The first kappa shape index (κ1) is 39.8. The number of nitrogens with one attached hydrogen (secondary N) is 2. The topological polar surface area (TPSA) is 122 Å². The lowest BCUT2D eigenvalue weighted by Gasteiger charge is -2.73. The van der Waals surface area contributed by atoms with Gasteiger partial charge in [-0.25, -0.2) is 4.79 Å². The van der Waals surface area contributed by atoms with Crippen LogP contribution in [0.5, 0.6) is 0 Å². The molecule has 0 radical (unpaired) electrons. The molecule has 5 rings (SSSR count). The van der Waals surface area contributed by atoms with E-state index in [1.54, 1.807) is 13.8 Å². The van der Waals surface area contributed by atoms with Gasteiger partial charge in [-0.05, 0) is 149 Å². The first-order chi connectivity index (χ1) is 23.5. The third-order valence-electron chi connectivity index (χ3n) is 16.6. The fraction of sp³-hybridized carbons (Fsp3) is 0.860. The second kappa shape index (κ2) is 13.5. The number of allylic oxidation sites excluding steroid dienone is 1. The Balaban J connectivity index is 1.43. The number of amides is 2. The molecule has 0 aromatic carbocycles. The number of carboxylic acid groups (broad SMARTS) is 1. The monoisotopic (exact) mass is 711 g/mol. The summed E-state index contributed by atoms with van der Waals surface area (Å²) in [6.07, 6.45) is 10.6. The summed E-state index contributed by atoms with van der Waals surface area (Å²) in [5.74, 6) is 0.672. The molecule has 0 aromatic heterocycles. The fourth-order valence-electron chi connectivity index (χ4n) is 13.7. The lowest BCUT2D eigenvalue weighted by molar-refractivity contribution is -0.238. The summed E-state index contributed by atoms with van der Waals surface area (Å²) in [4.78, 5) is 52.5. The fourth-order valence-corrected chi connectivity index (χ4v) is 13.7. The molecule has 0 aliphatic heterocycles. The number of carboxylic acids is 1. The maximum Gasteiger partial charge on any atom is 0.328 e. The van der Waals surface area contributed by atoms with Crippen LogP contribution < -0.4 is 10.6 Å². The van der Waals surface area contributed by atoms with E-state index in [0.29, 0.717) is 30.1 Å². The Bertz CT molecular complexity index is 1420. The maximum absolute atomic E-state index is 14.6. The summed E-state index contributed by atoms with van der Waals surface area (Å²) in [7, 11) is 1.41. The van der Waals surface area contributed by atoms with Crippen molar-refractivity contribution in [1.29, 1.82) is 0 Å². The number of carbonyl (C=O) groups excluding carboxylic acids is 3. The number of hydrogen-bond acceptors (Lipinski definition) is 5. The summed E-state index contributed by atoms with van der Waals surface area (Å²) in [6.45, 7) is 26.4. The highest BCUT2D eigenvalue weighted by Gasteiger charge is 2.72. The molecule has 2 amide bonds. The molecule has 0 bridgehead atoms. The molecule has 1 unspecified atom stereocenters. The number of ether oxygens (including phenoxy) is 1. The van der Waals surface area contributed by atoms with Crippen molar-refractivity contribution >= 4 is 23.8 Å². The van der Waals surface area contributed by atoms with Crippen molar-refractivity contribution in [3.8, 4) is 0 Å². The van der Waals surface area contributed by atoms with E-state index >= 15 is 0 Å². The molecule has 51 heavy (non-hydrogen) atoms. The van der Waals surface area contributed by atoms with Gasteiger partial charge in [0.25, 0.3) is 0 Å². The minimum absolute atomic E-state index is 0.0112. The van der Waals surface area contributed by atoms with E-state index in [9.17, 15) is 24.3 Å². The van der Waals surface area contributed by atoms with Crippen molar-refractivity contribution in [1.82, 2.24) is 10.6 Å². The van der Waals surface area contributed by atoms with Gasteiger partial charge in [0, 0.05) is 12.5 Å². The van der Waals surface area contributed by atoms with Crippen LogP contribution in [-0.2, 0) is 23.9 Å². The van der Waals surface area contributed by atoms with Gasteiger partial charge in [0.1, 0.15) is 6.04 Å². The number of aliphatic carboxylic acids is 1. The molecule has 5 aliphatic carbocycles. The van der Waals surface area contributed by atoms with Crippen molar-refractivity contribution in [3.05, 3.63) is 12.2 Å². The molecule has 8 heteroatoms. The van der Waals surface area contributed by atoms with Crippen LogP contribution in [-0.4, -0.2) is 48.1 Å². The van der Waals surface area contributed by atoms with Crippen LogP contribution in [0.1, 0.15) is 146 Å². The molecular formula is C43H70N2O6. The third-order valence-corrected chi connectivity index (χ3v) is 16.6. The summed E-state index contributed by atoms with van der Waals surface area (Å²) >= 11 is 0. The zero-order valence-corrected chi connectivity index (χ0v) is 33.8. The summed E-state index contributed by atoms with van der Waals surface area (Å²) in [5, 5.41) is 16.2. The standard InChI is InChI=1S/C43H70N2O6/c1-25(2)23-29(35(47)51-12)44-36(48)43-20-15-27(26(3)4)34(43)28-13-14-31-40(9)18-17-32(45-33(46)24-38(5,6)37(49)50)39(7,8)30(40)16-19-42(31,11)41(28,10)21-22-43/h25,27-32,34H,3,13-24H2,1-2,4-12H3,(H,44,48)(H,45,46)(H,49,50)/t27-,28+,29?,30-,31+,32-,34+,40-,41+,42+,43-/m0/s1. The van der Waals surface area contributed by atoms with Gasteiger partial charge in [-0.3, -0.25) is 14.4 Å². The highest BCUT2D eigenvalue weighted by atomic mass is 16.5. The van der Waals surface area contributed by atoms with Gasteiger partial charge < -0.3 is 20.5 Å². The molecule has 3 N–H and O–H groups in total. The largest absolute Gasteiger partial charge is 0.481 e. The minimum Gasteiger partial charge on any atom is -0.481 e. The van der Waals surface area contributed by atoms with E-state index in [1.165, 1.54) is 12.7 Å². The van der Waals surface area contributed by atoms with Gasteiger partial charge in [0.15, 0.2) is 0 Å². The van der Waals surface area contributed by atoms with Crippen LogP contribution in [0.2, 0.25) is 0 Å².